The summed E-state index contributed by atoms with van der Waals surface area (Å²) in [5, 5.41) is 0. The van der Waals surface area contributed by atoms with Gasteiger partial charge in [-0.1, -0.05) is 26.0 Å². The van der Waals surface area contributed by atoms with Crippen LogP contribution < -0.4 is 5.73 Å². The van der Waals surface area contributed by atoms with Crippen LogP contribution in [0.2, 0.25) is 0 Å². The van der Waals surface area contributed by atoms with E-state index in [9.17, 15) is 4.39 Å². The molecule has 2 nitrogen and oxygen atoms in total. The van der Waals surface area contributed by atoms with Crippen molar-refractivity contribution in [3.05, 3.63) is 35.1 Å². The number of nitrogens with two attached hydrogens (primary N) is 1. The fourth-order valence-electron chi connectivity index (χ4n) is 3.29. The largest absolute Gasteiger partial charge is 0.373 e. The molecule has 21 heavy (non-hydrogen) atoms. The molecule has 0 spiro atoms. The van der Waals surface area contributed by atoms with Crippen molar-refractivity contribution in [2.45, 2.75) is 65.0 Å². The van der Waals surface area contributed by atoms with Gasteiger partial charge in [-0.25, -0.2) is 4.39 Å². The van der Waals surface area contributed by atoms with Gasteiger partial charge in [-0.15, -0.1) is 0 Å². The molecular weight excluding hydrogens is 265 g/mol. The smallest absolute Gasteiger partial charge is 0.126 e. The Kier molecular flexibility index (Phi) is 4.74. The number of benzene rings is 1. The molecule has 0 amide bonds. The van der Waals surface area contributed by atoms with E-state index in [1.54, 1.807) is 19.1 Å². The molecule has 1 unspecified atom stereocenters. The summed E-state index contributed by atoms with van der Waals surface area (Å²) in [6.07, 6.45) is 4.05. The lowest BCUT2D eigenvalue weighted by atomic mass is 9.67. The Morgan fingerprint density at radius 3 is 2.38 bits per heavy atom. The van der Waals surface area contributed by atoms with Gasteiger partial charge in [0.1, 0.15) is 5.82 Å². The Morgan fingerprint density at radius 1 is 1.24 bits per heavy atom. The molecule has 1 aliphatic rings. The van der Waals surface area contributed by atoms with E-state index in [1.165, 1.54) is 0 Å². The van der Waals surface area contributed by atoms with Gasteiger partial charge in [0.15, 0.2) is 0 Å². The Morgan fingerprint density at radius 2 is 1.86 bits per heavy atom. The van der Waals surface area contributed by atoms with E-state index in [-0.39, 0.29) is 17.5 Å². The molecule has 2 rings (SSSR count). The molecule has 2 N–H and O–H groups in total. The number of aryl methyl sites for hydroxylation is 1. The Balaban J connectivity index is 2.27. The number of halogens is 1. The SMILES string of the molecule is CCOC1(C(N)c2ccc(C)c(F)c2)CCC(C)(C)CC1. The molecule has 1 fully saturated rings. The number of rotatable bonds is 4. The Hall–Kier alpha value is -0.930. The van der Waals surface area contributed by atoms with Gasteiger partial charge in [0.2, 0.25) is 0 Å². The van der Waals surface area contributed by atoms with Crippen LogP contribution in [0.15, 0.2) is 18.2 Å². The van der Waals surface area contributed by atoms with Crippen molar-refractivity contribution in [1.82, 2.24) is 0 Å². The van der Waals surface area contributed by atoms with Crippen molar-refractivity contribution in [3.8, 4) is 0 Å². The van der Waals surface area contributed by atoms with Crippen LogP contribution in [0.1, 0.15) is 63.6 Å². The van der Waals surface area contributed by atoms with Gasteiger partial charge < -0.3 is 10.5 Å². The van der Waals surface area contributed by atoms with Gasteiger partial charge >= 0.3 is 0 Å². The topological polar surface area (TPSA) is 35.2 Å². The highest BCUT2D eigenvalue weighted by Gasteiger charge is 2.43. The molecule has 0 aliphatic heterocycles. The summed E-state index contributed by atoms with van der Waals surface area (Å²) in [5.41, 5.74) is 7.99. The minimum Gasteiger partial charge on any atom is -0.373 e. The van der Waals surface area contributed by atoms with Crippen LogP contribution in [0.25, 0.3) is 0 Å². The lowest BCUT2D eigenvalue weighted by Crippen LogP contribution is -2.48. The summed E-state index contributed by atoms with van der Waals surface area (Å²) >= 11 is 0. The monoisotopic (exact) mass is 293 g/mol. The molecular formula is C18H28FNO. The third-order valence-electron chi connectivity index (χ3n) is 5.00. The van der Waals surface area contributed by atoms with E-state index in [2.05, 4.69) is 13.8 Å². The van der Waals surface area contributed by atoms with Crippen molar-refractivity contribution in [3.63, 3.8) is 0 Å². The number of hydrogen-bond acceptors (Lipinski definition) is 2. The zero-order valence-electron chi connectivity index (χ0n) is 13.7. The maximum absolute atomic E-state index is 13.8. The molecule has 3 heteroatoms. The molecule has 0 saturated heterocycles. The lowest BCUT2D eigenvalue weighted by Gasteiger charge is -2.46. The minimum atomic E-state index is -0.355. The third kappa shape index (κ3) is 3.46. The van der Waals surface area contributed by atoms with Gasteiger partial charge in [-0.2, -0.15) is 0 Å². The van der Waals surface area contributed by atoms with Crippen LogP contribution >= 0.6 is 0 Å². The van der Waals surface area contributed by atoms with E-state index in [0.29, 0.717) is 17.6 Å². The molecule has 0 bridgehead atoms. The summed E-state index contributed by atoms with van der Waals surface area (Å²) < 4.78 is 19.9. The first-order valence-corrected chi connectivity index (χ1v) is 7.95. The van der Waals surface area contributed by atoms with Crippen molar-refractivity contribution in [2.75, 3.05) is 6.61 Å². The van der Waals surface area contributed by atoms with Gasteiger partial charge in [0.25, 0.3) is 0 Å². The van der Waals surface area contributed by atoms with Crippen LogP contribution in [-0.4, -0.2) is 12.2 Å². The molecule has 1 saturated carbocycles. The molecule has 1 aromatic carbocycles. The molecule has 0 aromatic heterocycles. The van der Waals surface area contributed by atoms with Crippen LogP contribution in [0.5, 0.6) is 0 Å². The van der Waals surface area contributed by atoms with Crippen LogP contribution in [-0.2, 0) is 4.74 Å². The fourth-order valence-corrected chi connectivity index (χ4v) is 3.29. The van der Waals surface area contributed by atoms with Crippen molar-refractivity contribution >= 4 is 0 Å². The summed E-state index contributed by atoms with van der Waals surface area (Å²) in [7, 11) is 0. The predicted molar refractivity (Wildman–Crippen MR) is 84.7 cm³/mol. The second kappa shape index (κ2) is 6.05. The summed E-state index contributed by atoms with van der Waals surface area (Å²) in [4.78, 5) is 0. The van der Waals surface area contributed by atoms with Crippen molar-refractivity contribution < 1.29 is 9.13 Å². The number of hydrogen-bond donors (Lipinski definition) is 1. The average molecular weight is 293 g/mol. The van der Waals surface area contributed by atoms with Crippen molar-refractivity contribution in [2.24, 2.45) is 11.1 Å². The predicted octanol–water partition coefficient (Wildman–Crippen LogP) is 4.51. The maximum Gasteiger partial charge on any atom is 0.126 e. The van der Waals surface area contributed by atoms with Gasteiger partial charge in [0.05, 0.1) is 11.6 Å². The zero-order valence-corrected chi connectivity index (χ0v) is 13.7. The second-order valence-corrected chi connectivity index (χ2v) is 7.15. The maximum atomic E-state index is 13.8. The number of ether oxygens (including phenoxy) is 1. The van der Waals surface area contributed by atoms with E-state index in [4.69, 9.17) is 10.5 Å². The van der Waals surface area contributed by atoms with Crippen LogP contribution in [0.4, 0.5) is 4.39 Å². The lowest BCUT2D eigenvalue weighted by molar-refractivity contribution is -0.100. The van der Waals surface area contributed by atoms with E-state index in [1.807, 2.05) is 13.0 Å². The molecule has 1 aromatic rings. The zero-order chi connectivity index (χ0) is 15.7. The van der Waals surface area contributed by atoms with Gasteiger partial charge in [-0.3, -0.25) is 0 Å². The molecule has 1 aliphatic carbocycles. The molecule has 118 valence electrons. The standard InChI is InChI=1S/C18H28FNO/c1-5-21-18(10-8-17(3,4)9-11-18)16(20)14-7-6-13(2)15(19)12-14/h6-7,12,16H,5,8-11,20H2,1-4H3. The average Bonchev–Trinajstić information content (AvgIpc) is 2.44. The van der Waals surface area contributed by atoms with Gasteiger partial charge in [0, 0.05) is 6.61 Å². The molecule has 0 heterocycles. The van der Waals surface area contributed by atoms with E-state index >= 15 is 0 Å². The van der Waals surface area contributed by atoms with Crippen LogP contribution in [0, 0.1) is 18.2 Å². The first-order chi connectivity index (χ1) is 9.80. The highest BCUT2D eigenvalue weighted by molar-refractivity contribution is 5.28. The third-order valence-corrected chi connectivity index (χ3v) is 5.00. The molecule has 1 atom stereocenters. The normalized spacial score (nSPS) is 22.0. The molecule has 0 radical (unpaired) electrons. The first kappa shape index (κ1) is 16.4. The minimum absolute atomic E-state index is 0.189. The summed E-state index contributed by atoms with van der Waals surface area (Å²) in [6, 6.07) is 5.03. The summed E-state index contributed by atoms with van der Waals surface area (Å²) in [6.45, 7) is 9.00. The Bertz CT molecular complexity index is 488. The van der Waals surface area contributed by atoms with Crippen molar-refractivity contribution in [1.29, 1.82) is 0 Å². The van der Waals surface area contributed by atoms with E-state index < -0.39 is 0 Å². The fraction of sp³-hybridized carbons (Fsp3) is 0.667. The first-order valence-electron chi connectivity index (χ1n) is 7.95. The Labute approximate surface area is 127 Å². The highest BCUT2D eigenvalue weighted by atomic mass is 19.1. The van der Waals surface area contributed by atoms with Crippen LogP contribution in [0.3, 0.4) is 0 Å². The van der Waals surface area contributed by atoms with E-state index in [0.717, 1.165) is 31.2 Å². The van der Waals surface area contributed by atoms with Gasteiger partial charge in [-0.05, 0) is 62.1 Å². The summed E-state index contributed by atoms with van der Waals surface area (Å²) in [5.74, 6) is -0.189. The second-order valence-electron chi connectivity index (χ2n) is 7.15. The highest BCUT2D eigenvalue weighted by Crippen LogP contribution is 2.46. The quantitative estimate of drug-likeness (QED) is 0.886.